The Morgan fingerprint density at radius 3 is 2.48 bits per heavy atom. The highest BCUT2D eigenvalue weighted by Crippen LogP contribution is 2.25. The van der Waals surface area contributed by atoms with Crippen LogP contribution in [0.4, 0.5) is 0 Å². The van der Waals surface area contributed by atoms with Crippen molar-refractivity contribution in [2.24, 2.45) is 5.92 Å². The summed E-state index contributed by atoms with van der Waals surface area (Å²) in [5.41, 5.74) is 1.32. The van der Waals surface area contributed by atoms with Gasteiger partial charge in [-0.2, -0.15) is 0 Å². The van der Waals surface area contributed by atoms with Crippen molar-refractivity contribution in [2.75, 3.05) is 13.1 Å². The minimum absolute atomic E-state index is 0.0934. The summed E-state index contributed by atoms with van der Waals surface area (Å²) >= 11 is 1.35. The number of carbonyl (C=O) groups is 4. The number of benzene rings is 2. The molecule has 2 heterocycles. The number of hydrogen-bond donors (Lipinski definition) is 3. The van der Waals surface area contributed by atoms with Gasteiger partial charge in [-0.25, -0.2) is 0 Å². The van der Waals surface area contributed by atoms with Gasteiger partial charge in [0.1, 0.15) is 6.29 Å². The third kappa shape index (κ3) is 7.25. The molecule has 2 atom stereocenters. The second kappa shape index (κ2) is 11.9. The first-order chi connectivity index (χ1) is 16.0. The molecule has 0 radical (unpaired) electrons. The minimum Gasteiger partial charge on any atom is -0.356 e. The molecule has 1 fully saturated rings. The lowest BCUT2D eigenvalue weighted by Gasteiger charge is -2.15. The molecule has 0 saturated carbocycles. The fourth-order valence-electron chi connectivity index (χ4n) is 3.46. The quantitative estimate of drug-likeness (QED) is 0.467. The average Bonchev–Trinajstić information content (AvgIpc) is 3.44. The lowest BCUT2D eigenvalue weighted by atomic mass is 9.99. The number of amides is 3. The van der Waals surface area contributed by atoms with E-state index in [0.29, 0.717) is 24.1 Å². The van der Waals surface area contributed by atoms with Crippen LogP contribution < -0.4 is 16.0 Å². The smallest absolute Gasteiger partial charge is 0.261 e. The van der Waals surface area contributed by atoms with Gasteiger partial charge in [-0.1, -0.05) is 54.1 Å². The van der Waals surface area contributed by atoms with Crippen LogP contribution in [-0.2, 0) is 14.4 Å². The maximum Gasteiger partial charge on any atom is 0.261 e. The van der Waals surface area contributed by atoms with Gasteiger partial charge in [-0.15, -0.1) is 11.3 Å². The average molecular weight is 466 g/mol. The zero-order chi connectivity index (χ0) is 23.6. The van der Waals surface area contributed by atoms with E-state index in [9.17, 15) is 19.2 Å². The van der Waals surface area contributed by atoms with Crippen LogP contribution in [-0.4, -0.2) is 43.1 Å². The molecule has 172 valence electrons. The highest BCUT2D eigenvalue weighted by Gasteiger charge is 2.27. The molecule has 33 heavy (non-hydrogen) atoms. The molecule has 3 aromatic rings. The van der Waals surface area contributed by atoms with Crippen molar-refractivity contribution in [1.29, 1.82) is 0 Å². The largest absolute Gasteiger partial charge is 0.356 e. The van der Waals surface area contributed by atoms with Gasteiger partial charge in [0.15, 0.2) is 0 Å². The minimum atomic E-state index is -0.738. The van der Waals surface area contributed by atoms with Crippen molar-refractivity contribution in [3.05, 3.63) is 71.1 Å². The van der Waals surface area contributed by atoms with Gasteiger partial charge in [0.05, 0.1) is 17.5 Å². The summed E-state index contributed by atoms with van der Waals surface area (Å²) in [7, 11) is 0. The number of rotatable bonds is 7. The molecular formula is C25H27N3O4S. The summed E-state index contributed by atoms with van der Waals surface area (Å²) in [5.74, 6) is -1.16. The van der Waals surface area contributed by atoms with E-state index in [-0.39, 0.29) is 30.7 Å². The van der Waals surface area contributed by atoms with Crippen LogP contribution in [0.25, 0.3) is 10.1 Å². The van der Waals surface area contributed by atoms with Crippen molar-refractivity contribution >= 4 is 45.4 Å². The fraction of sp³-hybridized carbons (Fsp3) is 0.280. The van der Waals surface area contributed by atoms with E-state index >= 15 is 0 Å². The van der Waals surface area contributed by atoms with Gasteiger partial charge in [-0.3, -0.25) is 14.4 Å². The van der Waals surface area contributed by atoms with Gasteiger partial charge < -0.3 is 20.7 Å². The molecule has 3 amide bonds. The van der Waals surface area contributed by atoms with Crippen LogP contribution in [0.3, 0.4) is 0 Å². The maximum atomic E-state index is 12.2. The van der Waals surface area contributed by atoms with Gasteiger partial charge in [0.2, 0.25) is 11.8 Å². The number of carbonyl (C=O) groups excluding carboxylic acids is 4. The Labute approximate surface area is 196 Å². The van der Waals surface area contributed by atoms with Crippen molar-refractivity contribution < 1.29 is 19.2 Å². The van der Waals surface area contributed by atoms with Crippen LogP contribution in [0, 0.1) is 12.8 Å². The van der Waals surface area contributed by atoms with Gasteiger partial charge in [0, 0.05) is 17.2 Å². The highest BCUT2D eigenvalue weighted by molar-refractivity contribution is 7.20. The summed E-state index contributed by atoms with van der Waals surface area (Å²) < 4.78 is 0.998. The van der Waals surface area contributed by atoms with Crippen LogP contribution in [0.15, 0.2) is 60.7 Å². The second-order valence-corrected chi connectivity index (χ2v) is 8.89. The molecule has 2 aromatic carbocycles. The maximum absolute atomic E-state index is 12.2. The van der Waals surface area contributed by atoms with Gasteiger partial charge in [-0.05, 0) is 37.3 Å². The summed E-state index contributed by atoms with van der Waals surface area (Å²) in [6.45, 7) is 2.45. The number of fused-ring (bicyclic) bond motifs is 1. The zero-order valence-electron chi connectivity index (χ0n) is 18.4. The topological polar surface area (TPSA) is 104 Å². The molecule has 0 bridgehead atoms. The Morgan fingerprint density at radius 2 is 1.88 bits per heavy atom. The zero-order valence-corrected chi connectivity index (χ0v) is 19.2. The Kier molecular flexibility index (Phi) is 8.71. The lowest BCUT2D eigenvalue weighted by molar-refractivity contribution is -0.125. The molecule has 0 aliphatic carbocycles. The summed E-state index contributed by atoms with van der Waals surface area (Å²) in [5, 5.41) is 8.78. The number of nitrogens with one attached hydrogen (secondary N) is 3. The molecule has 1 saturated heterocycles. The van der Waals surface area contributed by atoms with E-state index in [4.69, 9.17) is 0 Å². The Balaban J connectivity index is 0.000000374. The third-order valence-electron chi connectivity index (χ3n) is 5.21. The van der Waals surface area contributed by atoms with Crippen molar-refractivity contribution in [3.63, 3.8) is 0 Å². The van der Waals surface area contributed by atoms with Gasteiger partial charge in [0.25, 0.3) is 5.91 Å². The Morgan fingerprint density at radius 1 is 1.15 bits per heavy atom. The number of aldehydes is 1. The monoisotopic (exact) mass is 465 g/mol. The number of thiophene rings is 1. The lowest BCUT2D eigenvalue weighted by Crippen LogP contribution is -2.43. The van der Waals surface area contributed by atoms with E-state index in [2.05, 4.69) is 35.0 Å². The third-order valence-corrected chi connectivity index (χ3v) is 6.33. The van der Waals surface area contributed by atoms with Crippen LogP contribution in [0.5, 0.6) is 0 Å². The standard InChI is InChI=1S/C18H19N3O4S.C7H8/c22-10-13(7-12-5-6-19-17(12)24)21-16(23)9-20-18(25)15-8-11-3-1-2-4-14(11)26-15;1-7-5-3-2-4-6-7/h1-4,8,10,12-13H,5-7,9H2,(H,19,24)(H,20,25)(H,21,23);2-6H,1H3. The van der Waals surface area contributed by atoms with E-state index in [0.717, 1.165) is 10.1 Å². The molecule has 3 N–H and O–H groups in total. The van der Waals surface area contributed by atoms with E-state index in [1.54, 1.807) is 6.07 Å². The fourth-order valence-corrected chi connectivity index (χ4v) is 4.44. The molecule has 2 unspecified atom stereocenters. The summed E-state index contributed by atoms with van der Waals surface area (Å²) in [4.78, 5) is 47.4. The summed E-state index contributed by atoms with van der Waals surface area (Å²) in [6, 6.07) is 18.9. The summed E-state index contributed by atoms with van der Waals surface area (Å²) in [6.07, 6.45) is 1.55. The van der Waals surface area contributed by atoms with E-state index in [1.807, 2.05) is 42.5 Å². The van der Waals surface area contributed by atoms with Crippen molar-refractivity contribution in [2.45, 2.75) is 25.8 Å². The molecular weight excluding hydrogens is 438 g/mol. The first-order valence-corrected chi connectivity index (χ1v) is 11.6. The SMILES string of the molecule is Cc1ccccc1.O=CC(CC1CCNC1=O)NC(=O)CNC(=O)c1cc2ccccc2s1. The second-order valence-electron chi connectivity index (χ2n) is 7.81. The van der Waals surface area contributed by atoms with E-state index < -0.39 is 11.9 Å². The van der Waals surface area contributed by atoms with Crippen LogP contribution >= 0.6 is 11.3 Å². The normalized spacial score (nSPS) is 15.7. The van der Waals surface area contributed by atoms with Gasteiger partial charge >= 0.3 is 0 Å². The highest BCUT2D eigenvalue weighted by atomic mass is 32.1. The van der Waals surface area contributed by atoms with Crippen molar-refractivity contribution in [1.82, 2.24) is 16.0 Å². The van der Waals surface area contributed by atoms with Crippen molar-refractivity contribution in [3.8, 4) is 0 Å². The van der Waals surface area contributed by atoms with E-state index in [1.165, 1.54) is 16.9 Å². The molecule has 1 aromatic heterocycles. The van der Waals surface area contributed by atoms with Crippen LogP contribution in [0.2, 0.25) is 0 Å². The molecule has 8 heteroatoms. The number of aryl methyl sites for hydroxylation is 1. The van der Waals surface area contributed by atoms with Crippen LogP contribution in [0.1, 0.15) is 28.1 Å². The predicted molar refractivity (Wildman–Crippen MR) is 129 cm³/mol. The first kappa shape index (κ1) is 24.1. The molecule has 1 aliphatic heterocycles. The number of hydrogen-bond acceptors (Lipinski definition) is 5. The predicted octanol–water partition coefficient (Wildman–Crippen LogP) is 2.84. The Bertz CT molecular complexity index is 1080. The Hall–Kier alpha value is -3.52. The molecule has 1 aliphatic rings. The first-order valence-electron chi connectivity index (χ1n) is 10.8. The molecule has 4 rings (SSSR count). The molecule has 7 nitrogen and oxygen atoms in total. The molecule has 0 spiro atoms.